The van der Waals surface area contributed by atoms with Crippen LogP contribution in [0.4, 0.5) is 14.5 Å². The molecule has 3 N–H and O–H groups in total. The van der Waals surface area contributed by atoms with E-state index in [2.05, 4.69) is 9.52 Å². The molecule has 0 aliphatic heterocycles. The second-order valence-electron chi connectivity index (χ2n) is 4.48. The summed E-state index contributed by atoms with van der Waals surface area (Å²) in [5.74, 6) is -1.75. The van der Waals surface area contributed by atoms with Crippen molar-refractivity contribution in [3.63, 3.8) is 0 Å². The van der Waals surface area contributed by atoms with Gasteiger partial charge in [0.2, 0.25) is 0 Å². The summed E-state index contributed by atoms with van der Waals surface area (Å²) in [5, 5.41) is 11.3. The van der Waals surface area contributed by atoms with E-state index in [1.165, 1.54) is 36.6 Å². The van der Waals surface area contributed by atoms with Crippen molar-refractivity contribution in [2.45, 2.75) is 4.90 Å². The molecule has 116 valence electrons. The number of hydrogen-bond acceptors (Lipinski definition) is 4. The van der Waals surface area contributed by atoms with Crippen LogP contribution in [0.3, 0.4) is 0 Å². The maximum atomic E-state index is 14.0. The fourth-order valence-corrected chi connectivity index (χ4v) is 3.17. The highest BCUT2D eigenvalue weighted by molar-refractivity contribution is 7.93. The van der Waals surface area contributed by atoms with Crippen molar-refractivity contribution in [3.8, 4) is 0 Å². The van der Waals surface area contributed by atoms with Gasteiger partial charge >= 0.3 is 0 Å². The van der Waals surface area contributed by atoms with Crippen molar-refractivity contribution in [2.75, 3.05) is 6.26 Å². The monoisotopic (exact) mass is 325 g/mol. The molecule has 0 aliphatic carbocycles. The lowest BCUT2D eigenvalue weighted by Crippen LogP contribution is -2.13. The zero-order valence-corrected chi connectivity index (χ0v) is 12.3. The Morgan fingerprint density at radius 3 is 2.45 bits per heavy atom. The third-order valence-electron chi connectivity index (χ3n) is 2.87. The van der Waals surface area contributed by atoms with Crippen molar-refractivity contribution in [1.82, 2.24) is 0 Å². The second kappa shape index (κ2) is 6.10. The van der Waals surface area contributed by atoms with Crippen LogP contribution in [0.25, 0.3) is 0 Å². The van der Waals surface area contributed by atoms with Crippen molar-refractivity contribution < 1.29 is 18.2 Å². The average molecular weight is 325 g/mol. The molecule has 1 unspecified atom stereocenters. The van der Waals surface area contributed by atoms with E-state index in [1.807, 2.05) is 0 Å². The number of nitrogens with two attached hydrogens (primary N) is 1. The van der Waals surface area contributed by atoms with Gasteiger partial charge in [-0.2, -0.15) is 4.36 Å². The van der Waals surface area contributed by atoms with Crippen LogP contribution in [0.5, 0.6) is 0 Å². The summed E-state index contributed by atoms with van der Waals surface area (Å²) >= 11 is 0. The Kier molecular flexibility index (Phi) is 4.41. The Morgan fingerprint density at radius 1 is 1.18 bits per heavy atom. The molecule has 0 aromatic heterocycles. The molecule has 0 radical (unpaired) electrons. The summed E-state index contributed by atoms with van der Waals surface area (Å²) in [6, 6.07) is 9.05. The average Bonchev–Trinajstić information content (AvgIpc) is 2.48. The Hall–Kier alpha value is -2.48. The standard InChI is InChI=1S/C14H13F2N3O2S/c1-22(21,13-5-3-2-4-10(13)15)19-12-7-6-9(8-11(12)16)14(17)18-20/h2-8,20H,1H3,(H2,17,18). The summed E-state index contributed by atoms with van der Waals surface area (Å²) in [7, 11) is -3.16. The zero-order valence-electron chi connectivity index (χ0n) is 11.5. The van der Waals surface area contributed by atoms with Gasteiger partial charge in [0, 0.05) is 11.8 Å². The summed E-state index contributed by atoms with van der Waals surface area (Å²) in [6.07, 6.45) is 1.22. The lowest BCUT2D eigenvalue weighted by atomic mass is 10.2. The van der Waals surface area contributed by atoms with Crippen LogP contribution in [0.2, 0.25) is 0 Å². The number of nitrogens with zero attached hydrogens (tertiary/aromatic N) is 2. The third kappa shape index (κ3) is 3.22. The Labute approximate surface area is 126 Å². The summed E-state index contributed by atoms with van der Waals surface area (Å²) < 4.78 is 44.1. The smallest absolute Gasteiger partial charge is 0.170 e. The number of amidine groups is 1. The van der Waals surface area contributed by atoms with Gasteiger partial charge in [0.25, 0.3) is 0 Å². The highest BCUT2D eigenvalue weighted by Gasteiger charge is 2.14. The van der Waals surface area contributed by atoms with E-state index in [0.29, 0.717) is 0 Å². The van der Waals surface area contributed by atoms with Crippen LogP contribution in [0.15, 0.2) is 56.9 Å². The number of halogens is 2. The van der Waals surface area contributed by atoms with Crippen LogP contribution in [0, 0.1) is 11.6 Å². The molecule has 0 aliphatic rings. The normalized spacial score (nSPS) is 14.4. The van der Waals surface area contributed by atoms with Crippen molar-refractivity contribution >= 4 is 21.3 Å². The fraction of sp³-hybridized carbons (Fsp3) is 0.0714. The molecular weight excluding hydrogens is 312 g/mol. The molecule has 2 rings (SSSR count). The quantitative estimate of drug-likeness (QED) is 0.394. The lowest BCUT2D eigenvalue weighted by molar-refractivity contribution is 0.318. The highest BCUT2D eigenvalue weighted by Crippen LogP contribution is 2.24. The number of rotatable bonds is 3. The predicted octanol–water partition coefficient (Wildman–Crippen LogP) is 2.85. The van der Waals surface area contributed by atoms with Crippen LogP contribution in [-0.2, 0) is 9.73 Å². The van der Waals surface area contributed by atoms with Gasteiger partial charge in [0.05, 0.1) is 14.6 Å². The minimum atomic E-state index is -3.16. The molecule has 22 heavy (non-hydrogen) atoms. The SMILES string of the molecule is CS(=O)(=Nc1ccc(/C(N)=N/O)cc1F)c1ccccc1F. The summed E-state index contributed by atoms with van der Waals surface area (Å²) in [5.41, 5.74) is 5.29. The van der Waals surface area contributed by atoms with E-state index in [1.54, 1.807) is 0 Å². The Balaban J connectivity index is 2.53. The predicted molar refractivity (Wildman–Crippen MR) is 79.7 cm³/mol. The van der Waals surface area contributed by atoms with Gasteiger partial charge in [0.1, 0.15) is 17.3 Å². The van der Waals surface area contributed by atoms with E-state index in [4.69, 9.17) is 10.9 Å². The molecule has 5 nitrogen and oxygen atoms in total. The molecule has 0 fully saturated rings. The van der Waals surface area contributed by atoms with E-state index in [0.717, 1.165) is 12.1 Å². The molecule has 0 saturated carbocycles. The van der Waals surface area contributed by atoms with E-state index in [-0.39, 0.29) is 22.0 Å². The van der Waals surface area contributed by atoms with Gasteiger partial charge in [-0.05, 0) is 30.3 Å². The largest absolute Gasteiger partial charge is 0.409 e. The Morgan fingerprint density at radius 2 is 1.86 bits per heavy atom. The maximum Gasteiger partial charge on any atom is 0.170 e. The minimum absolute atomic E-state index is 0.102. The van der Waals surface area contributed by atoms with Gasteiger partial charge < -0.3 is 10.9 Å². The van der Waals surface area contributed by atoms with Crippen molar-refractivity contribution in [3.05, 3.63) is 59.7 Å². The molecule has 1 atom stereocenters. The maximum absolute atomic E-state index is 14.0. The van der Waals surface area contributed by atoms with E-state index < -0.39 is 21.4 Å². The number of oxime groups is 1. The van der Waals surface area contributed by atoms with Crippen molar-refractivity contribution in [2.24, 2.45) is 15.3 Å². The van der Waals surface area contributed by atoms with Gasteiger partial charge in [-0.15, -0.1) is 0 Å². The fourth-order valence-electron chi connectivity index (χ4n) is 1.79. The molecule has 2 aromatic rings. The highest BCUT2D eigenvalue weighted by atomic mass is 32.2. The topological polar surface area (TPSA) is 88.0 Å². The first-order valence-corrected chi connectivity index (χ1v) is 8.01. The van der Waals surface area contributed by atoms with Gasteiger partial charge in [-0.3, -0.25) is 0 Å². The Bertz CT molecular complexity index is 859. The van der Waals surface area contributed by atoms with Gasteiger partial charge in [-0.1, -0.05) is 17.3 Å². The summed E-state index contributed by atoms with van der Waals surface area (Å²) in [6.45, 7) is 0. The van der Waals surface area contributed by atoms with Crippen LogP contribution in [0.1, 0.15) is 5.56 Å². The summed E-state index contributed by atoms with van der Waals surface area (Å²) in [4.78, 5) is -0.102. The van der Waals surface area contributed by atoms with Gasteiger partial charge in [-0.25, -0.2) is 13.0 Å². The molecule has 8 heteroatoms. The number of hydrogen-bond donors (Lipinski definition) is 2. The van der Waals surface area contributed by atoms with Crippen LogP contribution < -0.4 is 5.73 Å². The van der Waals surface area contributed by atoms with E-state index in [9.17, 15) is 13.0 Å². The minimum Gasteiger partial charge on any atom is -0.409 e. The first kappa shape index (κ1) is 15.9. The van der Waals surface area contributed by atoms with Crippen LogP contribution >= 0.6 is 0 Å². The molecule has 0 saturated heterocycles. The van der Waals surface area contributed by atoms with E-state index >= 15 is 0 Å². The second-order valence-corrected chi connectivity index (χ2v) is 6.70. The molecule has 0 spiro atoms. The molecule has 0 heterocycles. The van der Waals surface area contributed by atoms with Crippen molar-refractivity contribution in [1.29, 1.82) is 0 Å². The zero-order chi connectivity index (χ0) is 16.3. The number of benzene rings is 2. The first-order chi connectivity index (χ1) is 10.3. The molecule has 0 amide bonds. The van der Waals surface area contributed by atoms with Gasteiger partial charge in [0.15, 0.2) is 5.84 Å². The molecular formula is C14H13F2N3O2S. The lowest BCUT2D eigenvalue weighted by Gasteiger charge is -2.07. The van der Waals surface area contributed by atoms with Crippen LogP contribution in [-0.4, -0.2) is 21.5 Å². The molecule has 0 bridgehead atoms. The first-order valence-electron chi connectivity index (χ1n) is 6.09. The third-order valence-corrected chi connectivity index (χ3v) is 4.56. The molecule has 2 aromatic carbocycles.